The van der Waals surface area contributed by atoms with Gasteiger partial charge in [-0.3, -0.25) is 4.68 Å². The van der Waals surface area contributed by atoms with E-state index in [0.717, 1.165) is 24.1 Å². The van der Waals surface area contributed by atoms with Crippen LogP contribution in [0.5, 0.6) is 11.5 Å². The molecule has 1 aliphatic carbocycles. The maximum atomic E-state index is 14.8. The average molecular weight is 494 g/mol. The van der Waals surface area contributed by atoms with Crippen LogP contribution in [0.2, 0.25) is 0 Å². The lowest BCUT2D eigenvalue weighted by Gasteiger charge is -2.11. The Kier molecular flexibility index (Phi) is 6.45. The molecule has 0 atom stereocenters. The van der Waals surface area contributed by atoms with Gasteiger partial charge < -0.3 is 14.8 Å². The molecule has 1 saturated carbocycles. The molecule has 0 amide bonds. The molecule has 0 unspecified atom stereocenters. The Labute approximate surface area is 206 Å². The number of hydrogen-bond acceptors (Lipinski definition) is 8. The van der Waals surface area contributed by atoms with E-state index in [1.807, 2.05) is 6.92 Å². The van der Waals surface area contributed by atoms with Crippen LogP contribution in [0.1, 0.15) is 42.5 Å². The minimum absolute atomic E-state index is 0.0549. The number of aromatic nitrogens is 6. The number of methoxy groups -OCH3 is 1. The Bertz CT molecular complexity index is 1370. The Morgan fingerprint density at radius 1 is 1.14 bits per heavy atom. The molecule has 5 rings (SSSR count). The number of hydrogen-bond donors (Lipinski definition) is 1. The highest BCUT2D eigenvalue weighted by Crippen LogP contribution is 2.44. The van der Waals surface area contributed by atoms with E-state index in [1.165, 1.54) is 19.2 Å². The topological polar surface area (TPSA) is 99.9 Å². The van der Waals surface area contributed by atoms with Crippen LogP contribution in [0.25, 0.3) is 11.5 Å². The van der Waals surface area contributed by atoms with Crippen LogP contribution in [0, 0.1) is 18.6 Å². The molecule has 3 aromatic heterocycles. The van der Waals surface area contributed by atoms with Crippen molar-refractivity contribution in [3.8, 4) is 23.0 Å². The average Bonchev–Trinajstić information content (AvgIpc) is 3.65. The van der Waals surface area contributed by atoms with Crippen LogP contribution in [0.3, 0.4) is 0 Å². The molecule has 1 fully saturated rings. The van der Waals surface area contributed by atoms with Gasteiger partial charge in [0.05, 0.1) is 44.5 Å². The molecule has 3 heterocycles. The van der Waals surface area contributed by atoms with Crippen molar-refractivity contribution in [2.24, 2.45) is 0 Å². The van der Waals surface area contributed by atoms with Crippen molar-refractivity contribution < 1.29 is 18.3 Å². The quantitative estimate of drug-likeness (QED) is 0.355. The molecular weight excluding hydrogens is 468 g/mol. The van der Waals surface area contributed by atoms with Gasteiger partial charge in [-0.25, -0.2) is 18.7 Å². The number of nitrogens with zero attached hydrogens (tertiary/aromatic N) is 6. The number of rotatable bonds is 9. The van der Waals surface area contributed by atoms with Gasteiger partial charge in [0.1, 0.15) is 23.1 Å². The number of ether oxygens (including phenoxy) is 2. The summed E-state index contributed by atoms with van der Waals surface area (Å²) in [6.07, 6.45) is 6.66. The zero-order chi connectivity index (χ0) is 25.2. The second-order valence-corrected chi connectivity index (χ2v) is 8.46. The molecule has 0 bridgehead atoms. The van der Waals surface area contributed by atoms with Gasteiger partial charge in [0.2, 0.25) is 0 Å². The van der Waals surface area contributed by atoms with Crippen molar-refractivity contribution in [3.05, 3.63) is 65.2 Å². The third kappa shape index (κ3) is 4.68. The van der Waals surface area contributed by atoms with E-state index >= 15 is 0 Å². The van der Waals surface area contributed by atoms with Gasteiger partial charge in [0.15, 0.2) is 17.4 Å². The fourth-order valence-corrected chi connectivity index (χ4v) is 4.13. The van der Waals surface area contributed by atoms with Gasteiger partial charge in [-0.2, -0.15) is 15.3 Å². The molecule has 0 aliphatic heterocycles. The van der Waals surface area contributed by atoms with Gasteiger partial charge in [-0.15, -0.1) is 0 Å². The summed E-state index contributed by atoms with van der Waals surface area (Å²) in [4.78, 5) is 9.09. The van der Waals surface area contributed by atoms with Crippen LogP contribution in [0.15, 0.2) is 36.8 Å². The second kappa shape index (κ2) is 9.84. The predicted molar refractivity (Wildman–Crippen MR) is 128 cm³/mol. The highest BCUT2D eigenvalue weighted by molar-refractivity contribution is 5.65. The number of anilines is 2. The first-order valence-electron chi connectivity index (χ1n) is 11.6. The van der Waals surface area contributed by atoms with Crippen LogP contribution in [0.4, 0.5) is 20.3 Å². The normalized spacial score (nSPS) is 13.0. The van der Waals surface area contributed by atoms with Crippen LogP contribution < -0.4 is 14.8 Å². The lowest BCUT2D eigenvalue weighted by Crippen LogP contribution is -2.10. The standard InChI is InChI=1S/C25H25F2N7O2/c1-4-36-17-9-19(26)18(20(27)10-17)13-34-23(15-5-6-15)14(2)22(33-34)25-28-12-21(35-3)24(32-25)31-16-7-8-29-30-11-16/h7-12,15H,4-6,13H2,1-3H3,(H,28,29,31,32). The molecule has 9 nitrogen and oxygen atoms in total. The van der Waals surface area contributed by atoms with Crippen molar-refractivity contribution in [3.63, 3.8) is 0 Å². The largest absolute Gasteiger partial charge is 0.494 e. The number of benzene rings is 1. The highest BCUT2D eigenvalue weighted by atomic mass is 19.1. The first-order chi connectivity index (χ1) is 17.5. The van der Waals surface area contributed by atoms with Gasteiger partial charge in [-0.1, -0.05) is 0 Å². The van der Waals surface area contributed by atoms with E-state index in [-0.39, 0.29) is 23.8 Å². The number of halogens is 2. The lowest BCUT2D eigenvalue weighted by atomic mass is 10.1. The molecule has 4 aromatic rings. The molecule has 186 valence electrons. The highest BCUT2D eigenvalue weighted by Gasteiger charge is 2.32. The van der Waals surface area contributed by atoms with Crippen molar-refractivity contribution in [1.29, 1.82) is 0 Å². The van der Waals surface area contributed by atoms with Crippen LogP contribution in [-0.4, -0.2) is 43.7 Å². The lowest BCUT2D eigenvalue weighted by molar-refractivity contribution is 0.335. The van der Waals surface area contributed by atoms with E-state index in [9.17, 15) is 8.78 Å². The summed E-state index contributed by atoms with van der Waals surface area (Å²) in [7, 11) is 1.53. The van der Waals surface area contributed by atoms with E-state index in [4.69, 9.17) is 14.6 Å². The Morgan fingerprint density at radius 2 is 1.92 bits per heavy atom. The van der Waals surface area contributed by atoms with Crippen molar-refractivity contribution >= 4 is 11.5 Å². The first kappa shape index (κ1) is 23.6. The molecule has 1 aliphatic rings. The fraction of sp³-hybridized carbons (Fsp3) is 0.320. The molecule has 0 spiro atoms. The van der Waals surface area contributed by atoms with Gasteiger partial charge in [0.25, 0.3) is 0 Å². The molecule has 11 heteroatoms. The third-order valence-corrected chi connectivity index (χ3v) is 5.97. The minimum Gasteiger partial charge on any atom is -0.494 e. The predicted octanol–water partition coefficient (Wildman–Crippen LogP) is 4.79. The Hall–Kier alpha value is -4.15. The van der Waals surface area contributed by atoms with Crippen LogP contribution in [-0.2, 0) is 6.54 Å². The summed E-state index contributed by atoms with van der Waals surface area (Å²) < 4.78 is 42.0. The maximum Gasteiger partial charge on any atom is 0.182 e. The van der Waals surface area contributed by atoms with Gasteiger partial charge in [-0.05, 0) is 32.8 Å². The van der Waals surface area contributed by atoms with Gasteiger partial charge in [0, 0.05) is 34.9 Å². The Balaban J connectivity index is 1.53. The minimum atomic E-state index is -0.673. The van der Waals surface area contributed by atoms with Crippen LogP contribution >= 0.6 is 0 Å². The van der Waals surface area contributed by atoms with Crippen molar-refractivity contribution in [1.82, 2.24) is 29.9 Å². The monoisotopic (exact) mass is 493 g/mol. The molecular formula is C25H25F2N7O2. The molecule has 1 aromatic carbocycles. The molecule has 0 saturated heterocycles. The van der Waals surface area contributed by atoms with E-state index in [0.29, 0.717) is 35.4 Å². The summed E-state index contributed by atoms with van der Waals surface area (Å²) >= 11 is 0. The molecule has 36 heavy (non-hydrogen) atoms. The fourth-order valence-electron chi connectivity index (χ4n) is 4.13. The summed E-state index contributed by atoms with van der Waals surface area (Å²) in [5.74, 6) is 0.327. The smallest absolute Gasteiger partial charge is 0.182 e. The number of nitrogens with one attached hydrogen (secondary N) is 1. The summed E-state index contributed by atoms with van der Waals surface area (Å²) in [5.41, 5.74) is 2.96. The molecule has 1 N–H and O–H groups in total. The molecule has 0 radical (unpaired) electrons. The third-order valence-electron chi connectivity index (χ3n) is 5.97. The van der Waals surface area contributed by atoms with E-state index < -0.39 is 11.6 Å². The summed E-state index contributed by atoms with van der Waals surface area (Å²) in [5, 5.41) is 15.5. The zero-order valence-electron chi connectivity index (χ0n) is 20.1. The second-order valence-electron chi connectivity index (χ2n) is 8.46. The Morgan fingerprint density at radius 3 is 2.56 bits per heavy atom. The SMILES string of the molecule is CCOc1cc(F)c(Cn2nc(-c3ncc(OC)c(Nc4ccnnc4)n3)c(C)c2C2CC2)c(F)c1. The zero-order valence-corrected chi connectivity index (χ0v) is 20.1. The van der Waals surface area contributed by atoms with Crippen molar-refractivity contribution in [2.75, 3.05) is 19.0 Å². The van der Waals surface area contributed by atoms with Gasteiger partial charge >= 0.3 is 0 Å². The maximum absolute atomic E-state index is 14.8. The van der Waals surface area contributed by atoms with Crippen molar-refractivity contribution in [2.45, 2.75) is 39.2 Å². The first-order valence-corrected chi connectivity index (χ1v) is 11.6. The summed E-state index contributed by atoms with van der Waals surface area (Å²) in [6.45, 7) is 3.96. The van der Waals surface area contributed by atoms with E-state index in [1.54, 1.807) is 36.3 Å². The summed E-state index contributed by atoms with van der Waals surface area (Å²) in [6, 6.07) is 4.16. The van der Waals surface area contributed by atoms with E-state index in [2.05, 4.69) is 25.5 Å².